The van der Waals surface area contributed by atoms with E-state index in [0.717, 1.165) is 22.1 Å². The summed E-state index contributed by atoms with van der Waals surface area (Å²) in [6.07, 6.45) is 1.37. The highest BCUT2D eigenvalue weighted by atomic mass is 35.5. The van der Waals surface area contributed by atoms with Gasteiger partial charge in [-0.25, -0.2) is 9.78 Å². The minimum atomic E-state index is -0.761. The van der Waals surface area contributed by atoms with Crippen molar-refractivity contribution in [1.29, 1.82) is 0 Å². The van der Waals surface area contributed by atoms with Crippen molar-refractivity contribution >= 4 is 55.1 Å². The van der Waals surface area contributed by atoms with Crippen LogP contribution in [-0.4, -0.2) is 31.0 Å². The molecule has 3 aromatic rings. The molecule has 1 aromatic heterocycles. The first-order chi connectivity index (χ1) is 13.8. The maximum Gasteiger partial charge on any atom is 0.378 e. The summed E-state index contributed by atoms with van der Waals surface area (Å²) in [6, 6.07) is 12.4. The lowest BCUT2D eigenvalue weighted by Gasteiger charge is -2.11. The predicted octanol–water partition coefficient (Wildman–Crippen LogP) is 2.60. The van der Waals surface area contributed by atoms with Crippen LogP contribution in [0.3, 0.4) is 0 Å². The topological polar surface area (TPSA) is 68.7 Å². The molecule has 29 heavy (non-hydrogen) atoms. The summed E-state index contributed by atoms with van der Waals surface area (Å²) in [5.41, 5.74) is 3.24. The summed E-state index contributed by atoms with van der Waals surface area (Å²) in [5.74, 6) is -1.01. The number of nitrogens with zero attached hydrogens (tertiary/aromatic N) is 1. The SMILES string of the molecule is Cc1ccc(BOC(=O)c2nccc(OBc3ccc(C)c(Cl)c3)c2O)cc1Cl. The van der Waals surface area contributed by atoms with Crippen molar-refractivity contribution in [2.75, 3.05) is 0 Å². The molecule has 9 heteroatoms. The minimum absolute atomic E-state index is 0.00685. The number of carbonyl (C=O) groups is 1. The van der Waals surface area contributed by atoms with Crippen molar-refractivity contribution in [1.82, 2.24) is 4.98 Å². The molecule has 0 atom stereocenters. The highest BCUT2D eigenvalue weighted by molar-refractivity contribution is 6.50. The fourth-order valence-corrected chi connectivity index (χ4v) is 2.94. The second-order valence-electron chi connectivity index (χ2n) is 6.54. The van der Waals surface area contributed by atoms with Crippen molar-refractivity contribution in [2.45, 2.75) is 13.8 Å². The maximum atomic E-state index is 12.3. The lowest BCUT2D eigenvalue weighted by atomic mass is 9.87. The highest BCUT2D eigenvalue weighted by Gasteiger charge is 2.19. The van der Waals surface area contributed by atoms with Gasteiger partial charge in [-0.05, 0) is 48.0 Å². The Hall–Kier alpha value is -2.63. The van der Waals surface area contributed by atoms with Crippen molar-refractivity contribution < 1.29 is 19.2 Å². The van der Waals surface area contributed by atoms with Crippen LogP contribution in [0.1, 0.15) is 21.6 Å². The van der Waals surface area contributed by atoms with Crippen molar-refractivity contribution in [3.8, 4) is 11.5 Å². The second-order valence-corrected chi connectivity index (χ2v) is 7.35. The third kappa shape index (κ3) is 5.25. The Morgan fingerprint density at radius 2 is 1.55 bits per heavy atom. The summed E-state index contributed by atoms with van der Waals surface area (Å²) in [4.78, 5) is 16.3. The van der Waals surface area contributed by atoms with Crippen LogP contribution in [0.5, 0.6) is 11.5 Å². The number of halogens is 2. The van der Waals surface area contributed by atoms with Gasteiger partial charge in [-0.2, -0.15) is 0 Å². The summed E-state index contributed by atoms with van der Waals surface area (Å²) in [5, 5.41) is 11.6. The number of aromatic hydroxyl groups is 1. The molecule has 0 aliphatic rings. The standard InChI is InChI=1S/C20H17B2Cl2NO4/c1-11-3-5-13(9-15(11)23)21-28-17-7-8-25-18(19(17)26)20(27)29-22-14-6-4-12(2)16(24)10-14/h3-10,21-22,26H,1-2H3. The number of carbonyl (C=O) groups excluding carboxylic acids is 1. The zero-order chi connectivity index (χ0) is 21.0. The van der Waals surface area contributed by atoms with Crippen molar-refractivity contribution in [3.05, 3.63) is 75.5 Å². The average molecular weight is 428 g/mol. The molecule has 1 N–H and O–H groups in total. The Kier molecular flexibility index (Phi) is 6.72. The molecule has 0 amide bonds. The molecule has 1 heterocycles. The summed E-state index contributed by atoms with van der Waals surface area (Å²) >= 11 is 12.2. The van der Waals surface area contributed by atoms with Gasteiger partial charge in [-0.1, -0.05) is 47.5 Å². The zero-order valence-corrected chi connectivity index (χ0v) is 17.4. The van der Waals surface area contributed by atoms with E-state index in [1.807, 2.05) is 38.1 Å². The number of aromatic nitrogens is 1. The van der Waals surface area contributed by atoms with Gasteiger partial charge in [0.25, 0.3) is 0 Å². The third-order valence-electron chi connectivity index (χ3n) is 4.32. The number of hydrogen-bond donors (Lipinski definition) is 1. The molecule has 0 aliphatic carbocycles. The van der Waals surface area contributed by atoms with E-state index >= 15 is 0 Å². The Bertz CT molecular complexity index is 1060. The van der Waals surface area contributed by atoms with E-state index in [0.29, 0.717) is 10.0 Å². The van der Waals surface area contributed by atoms with E-state index in [4.69, 9.17) is 32.5 Å². The lowest BCUT2D eigenvalue weighted by Crippen LogP contribution is -2.22. The van der Waals surface area contributed by atoms with Gasteiger partial charge in [0.15, 0.2) is 11.4 Å². The molecular formula is C20H17B2Cl2NO4. The average Bonchev–Trinajstić information content (AvgIpc) is 2.70. The minimum Gasteiger partial charge on any atom is -0.557 e. The van der Waals surface area contributed by atoms with Gasteiger partial charge in [-0.3, -0.25) is 0 Å². The fraction of sp³-hybridized carbons (Fsp3) is 0.100. The third-order valence-corrected chi connectivity index (χ3v) is 5.13. The summed E-state index contributed by atoms with van der Waals surface area (Å²) in [6.45, 7) is 3.79. The summed E-state index contributed by atoms with van der Waals surface area (Å²) < 4.78 is 10.9. The zero-order valence-electron chi connectivity index (χ0n) is 15.9. The van der Waals surface area contributed by atoms with Gasteiger partial charge >= 0.3 is 20.9 Å². The molecule has 3 rings (SSSR count). The van der Waals surface area contributed by atoms with E-state index < -0.39 is 5.97 Å². The molecule has 0 bridgehead atoms. The number of pyridine rings is 1. The van der Waals surface area contributed by atoms with Crippen LogP contribution in [0.15, 0.2) is 48.7 Å². The highest BCUT2D eigenvalue weighted by Crippen LogP contribution is 2.28. The van der Waals surface area contributed by atoms with Gasteiger partial charge in [-0.15, -0.1) is 0 Å². The van der Waals surface area contributed by atoms with Crippen LogP contribution in [0, 0.1) is 13.8 Å². The normalized spacial score (nSPS) is 10.3. The molecule has 0 radical (unpaired) electrons. The molecule has 2 aromatic carbocycles. The van der Waals surface area contributed by atoms with Crippen LogP contribution in [0.2, 0.25) is 10.0 Å². The molecule has 0 fully saturated rings. The molecular weight excluding hydrogens is 411 g/mol. The van der Waals surface area contributed by atoms with Gasteiger partial charge in [0.05, 0.1) is 0 Å². The number of benzene rings is 2. The van der Waals surface area contributed by atoms with Crippen LogP contribution in [0.25, 0.3) is 0 Å². The number of rotatable bonds is 6. The van der Waals surface area contributed by atoms with Crippen LogP contribution >= 0.6 is 23.2 Å². The lowest BCUT2D eigenvalue weighted by molar-refractivity contribution is 0.0734. The first-order valence-corrected chi connectivity index (χ1v) is 9.58. The molecule has 0 aliphatic heterocycles. The van der Waals surface area contributed by atoms with Gasteiger partial charge in [0.1, 0.15) is 5.75 Å². The largest absolute Gasteiger partial charge is 0.557 e. The Labute approximate surface area is 180 Å². The molecule has 0 unspecified atom stereocenters. The Balaban J connectivity index is 1.67. The monoisotopic (exact) mass is 427 g/mol. The van der Waals surface area contributed by atoms with Gasteiger partial charge in [0, 0.05) is 22.3 Å². The number of aryl methyl sites for hydroxylation is 2. The van der Waals surface area contributed by atoms with Crippen molar-refractivity contribution in [3.63, 3.8) is 0 Å². The maximum absolute atomic E-state index is 12.3. The predicted molar refractivity (Wildman–Crippen MR) is 118 cm³/mol. The van der Waals surface area contributed by atoms with E-state index in [1.165, 1.54) is 12.3 Å². The van der Waals surface area contributed by atoms with Gasteiger partial charge in [0.2, 0.25) is 0 Å². The quantitative estimate of drug-likeness (QED) is 0.612. The van der Waals surface area contributed by atoms with E-state index in [1.54, 1.807) is 12.1 Å². The molecule has 5 nitrogen and oxygen atoms in total. The van der Waals surface area contributed by atoms with Crippen LogP contribution in [-0.2, 0) is 4.65 Å². The second kappa shape index (κ2) is 9.25. The van der Waals surface area contributed by atoms with Crippen molar-refractivity contribution in [2.24, 2.45) is 0 Å². The van der Waals surface area contributed by atoms with E-state index in [2.05, 4.69) is 4.98 Å². The summed E-state index contributed by atoms with van der Waals surface area (Å²) in [7, 11) is 0.181. The fourth-order valence-electron chi connectivity index (χ4n) is 2.53. The number of hydrogen-bond acceptors (Lipinski definition) is 5. The smallest absolute Gasteiger partial charge is 0.378 e. The van der Waals surface area contributed by atoms with Crippen LogP contribution < -0.4 is 15.6 Å². The van der Waals surface area contributed by atoms with Crippen LogP contribution in [0.4, 0.5) is 0 Å². The Morgan fingerprint density at radius 1 is 0.966 bits per heavy atom. The molecule has 0 saturated carbocycles. The molecule has 0 spiro atoms. The molecule has 146 valence electrons. The molecule has 0 saturated heterocycles. The van der Waals surface area contributed by atoms with Gasteiger partial charge < -0.3 is 14.4 Å². The first-order valence-electron chi connectivity index (χ1n) is 8.83. The first kappa shape index (κ1) is 21.1. The Morgan fingerprint density at radius 3 is 2.14 bits per heavy atom. The van der Waals surface area contributed by atoms with E-state index in [9.17, 15) is 9.90 Å². The van der Waals surface area contributed by atoms with E-state index in [-0.39, 0.29) is 32.2 Å².